The molecule has 2 rings (SSSR count). The second kappa shape index (κ2) is 7.22. The zero-order valence-electron chi connectivity index (χ0n) is 12.3. The van der Waals surface area contributed by atoms with Gasteiger partial charge in [-0.25, -0.2) is 0 Å². The van der Waals surface area contributed by atoms with Gasteiger partial charge in [-0.3, -0.25) is 0 Å². The summed E-state index contributed by atoms with van der Waals surface area (Å²) in [4.78, 5) is 4.86. The molecule has 0 spiro atoms. The van der Waals surface area contributed by atoms with Crippen molar-refractivity contribution in [1.82, 2.24) is 4.90 Å². The van der Waals surface area contributed by atoms with Crippen molar-refractivity contribution in [2.24, 2.45) is 0 Å². The van der Waals surface area contributed by atoms with Crippen LogP contribution in [0.5, 0.6) is 0 Å². The van der Waals surface area contributed by atoms with E-state index in [0.717, 1.165) is 6.54 Å². The molecule has 2 heteroatoms. The Morgan fingerprint density at radius 3 is 2.42 bits per heavy atom. The fourth-order valence-corrected chi connectivity index (χ4v) is 2.75. The Hall–Kier alpha value is -1.44. The Bertz CT molecular complexity index is 386. The molecule has 0 aromatic heterocycles. The third-order valence-electron chi connectivity index (χ3n) is 3.86. The number of hydrogen-bond acceptors (Lipinski definition) is 2. The molecule has 1 aliphatic heterocycles. The highest BCUT2D eigenvalue weighted by molar-refractivity contribution is 5.51. The number of anilines is 1. The minimum absolute atomic E-state index is 0.504. The summed E-state index contributed by atoms with van der Waals surface area (Å²) in [6.07, 6.45) is 11.5. The zero-order chi connectivity index (χ0) is 13.5. The fourth-order valence-electron chi connectivity index (χ4n) is 2.75. The van der Waals surface area contributed by atoms with Gasteiger partial charge in [-0.2, -0.15) is 0 Å². The third-order valence-corrected chi connectivity index (χ3v) is 3.86. The van der Waals surface area contributed by atoms with Gasteiger partial charge in [-0.05, 0) is 31.9 Å². The average Bonchev–Trinajstić information content (AvgIpc) is 2.87. The number of benzene rings is 1. The molecule has 1 heterocycles. The molecule has 1 aromatic rings. The van der Waals surface area contributed by atoms with Crippen LogP contribution < -0.4 is 4.90 Å². The predicted octanol–water partition coefficient (Wildman–Crippen LogP) is 4.60. The van der Waals surface area contributed by atoms with Crippen LogP contribution in [0.4, 0.5) is 5.69 Å². The van der Waals surface area contributed by atoms with E-state index in [4.69, 9.17) is 0 Å². The molecule has 1 unspecified atom stereocenters. The highest BCUT2D eigenvalue weighted by Gasteiger charge is 2.25. The van der Waals surface area contributed by atoms with Crippen LogP contribution in [-0.2, 0) is 0 Å². The van der Waals surface area contributed by atoms with Crippen LogP contribution in [0.15, 0.2) is 42.7 Å². The molecule has 1 aromatic carbocycles. The maximum absolute atomic E-state index is 2.44. The molecule has 1 aliphatic rings. The summed E-state index contributed by atoms with van der Waals surface area (Å²) in [7, 11) is 0. The molecule has 19 heavy (non-hydrogen) atoms. The smallest absolute Gasteiger partial charge is 0.105 e. The Labute approximate surface area is 117 Å². The van der Waals surface area contributed by atoms with Gasteiger partial charge < -0.3 is 9.80 Å². The lowest BCUT2D eigenvalue weighted by atomic mass is 10.1. The summed E-state index contributed by atoms with van der Waals surface area (Å²) < 4.78 is 0. The monoisotopic (exact) mass is 258 g/mol. The Balaban J connectivity index is 1.99. The van der Waals surface area contributed by atoms with Crippen LogP contribution in [0.1, 0.15) is 46.0 Å². The van der Waals surface area contributed by atoms with E-state index in [0.29, 0.717) is 6.17 Å². The normalized spacial score (nSPS) is 18.3. The van der Waals surface area contributed by atoms with Crippen molar-refractivity contribution in [3.8, 4) is 0 Å². The van der Waals surface area contributed by atoms with E-state index in [2.05, 4.69) is 66.4 Å². The predicted molar refractivity (Wildman–Crippen MR) is 83.0 cm³/mol. The second-order valence-electron chi connectivity index (χ2n) is 5.20. The first kappa shape index (κ1) is 14.0. The maximum Gasteiger partial charge on any atom is 0.105 e. The van der Waals surface area contributed by atoms with Crippen LogP contribution >= 0.6 is 0 Å². The van der Waals surface area contributed by atoms with E-state index >= 15 is 0 Å². The lowest BCUT2D eigenvalue weighted by Gasteiger charge is -2.32. The molecule has 0 fully saturated rings. The molecule has 2 nitrogen and oxygen atoms in total. The van der Waals surface area contributed by atoms with Crippen LogP contribution in [0.3, 0.4) is 0 Å². The maximum atomic E-state index is 2.44. The lowest BCUT2D eigenvalue weighted by molar-refractivity contribution is 0.292. The number of hydrogen-bond donors (Lipinski definition) is 0. The second-order valence-corrected chi connectivity index (χ2v) is 5.20. The van der Waals surface area contributed by atoms with E-state index in [1.807, 2.05) is 0 Å². The Morgan fingerprint density at radius 1 is 0.947 bits per heavy atom. The molecular weight excluding hydrogens is 232 g/mol. The summed E-state index contributed by atoms with van der Waals surface area (Å²) in [5.41, 5.74) is 1.30. The van der Waals surface area contributed by atoms with Gasteiger partial charge in [-0.1, -0.05) is 44.4 Å². The molecule has 0 N–H and O–H groups in total. The van der Waals surface area contributed by atoms with Gasteiger partial charge in [0.15, 0.2) is 0 Å². The first-order valence-electron chi connectivity index (χ1n) is 7.64. The highest BCUT2D eigenvalue weighted by Crippen LogP contribution is 2.27. The molecule has 0 saturated carbocycles. The third kappa shape index (κ3) is 3.52. The van der Waals surface area contributed by atoms with Crippen molar-refractivity contribution in [3.05, 3.63) is 42.7 Å². The minimum atomic E-state index is 0.504. The number of unbranched alkanes of at least 4 members (excludes halogenated alkanes) is 3. The first-order chi connectivity index (χ1) is 9.36. The largest absolute Gasteiger partial charge is 0.356 e. The summed E-state index contributed by atoms with van der Waals surface area (Å²) in [5.74, 6) is 0. The van der Waals surface area contributed by atoms with Crippen LogP contribution in [0, 0.1) is 0 Å². The molecule has 1 atom stereocenters. The molecule has 0 amide bonds. The fraction of sp³-hybridized carbons (Fsp3) is 0.529. The molecule has 104 valence electrons. The number of rotatable bonds is 7. The van der Waals surface area contributed by atoms with Gasteiger partial charge in [0.1, 0.15) is 6.17 Å². The number of nitrogens with zero attached hydrogens (tertiary/aromatic N) is 2. The summed E-state index contributed by atoms with van der Waals surface area (Å²) in [6, 6.07) is 10.7. The van der Waals surface area contributed by atoms with Gasteiger partial charge in [0, 0.05) is 24.6 Å². The van der Waals surface area contributed by atoms with Crippen molar-refractivity contribution in [3.63, 3.8) is 0 Å². The molecular formula is C17H26N2. The minimum Gasteiger partial charge on any atom is -0.356 e. The van der Waals surface area contributed by atoms with Gasteiger partial charge in [0.05, 0.1) is 0 Å². The summed E-state index contributed by atoms with van der Waals surface area (Å²) in [6.45, 7) is 5.59. The topological polar surface area (TPSA) is 6.48 Å². The van der Waals surface area contributed by atoms with E-state index in [1.54, 1.807) is 0 Å². The summed E-state index contributed by atoms with van der Waals surface area (Å²) >= 11 is 0. The van der Waals surface area contributed by atoms with Crippen molar-refractivity contribution in [2.75, 3.05) is 11.4 Å². The molecule has 0 aliphatic carbocycles. The van der Waals surface area contributed by atoms with Crippen LogP contribution in [-0.4, -0.2) is 17.6 Å². The molecule has 0 bridgehead atoms. The van der Waals surface area contributed by atoms with Gasteiger partial charge in [0.25, 0.3) is 0 Å². The van der Waals surface area contributed by atoms with E-state index < -0.39 is 0 Å². The van der Waals surface area contributed by atoms with Gasteiger partial charge in [0.2, 0.25) is 0 Å². The van der Waals surface area contributed by atoms with Crippen molar-refractivity contribution in [2.45, 2.75) is 52.1 Å². The molecule has 0 saturated heterocycles. The van der Waals surface area contributed by atoms with Crippen molar-refractivity contribution < 1.29 is 0 Å². The number of para-hydroxylation sites is 1. The SMILES string of the molecule is CCCCCCC1N(CC)C=CN1c1ccccc1. The first-order valence-corrected chi connectivity index (χ1v) is 7.64. The Kier molecular flexibility index (Phi) is 5.31. The molecule has 0 radical (unpaired) electrons. The van der Waals surface area contributed by atoms with Crippen molar-refractivity contribution >= 4 is 5.69 Å². The van der Waals surface area contributed by atoms with Gasteiger partial charge in [-0.15, -0.1) is 0 Å². The highest BCUT2D eigenvalue weighted by atomic mass is 15.4. The zero-order valence-corrected chi connectivity index (χ0v) is 12.3. The van der Waals surface area contributed by atoms with Crippen molar-refractivity contribution in [1.29, 1.82) is 0 Å². The van der Waals surface area contributed by atoms with E-state index in [1.165, 1.54) is 37.8 Å². The standard InChI is InChI=1S/C17H26N2/c1-3-5-6-10-13-17-18(4-2)14-15-19(17)16-11-8-7-9-12-16/h7-9,11-12,14-15,17H,3-6,10,13H2,1-2H3. The van der Waals surface area contributed by atoms with Gasteiger partial charge >= 0.3 is 0 Å². The quantitative estimate of drug-likeness (QED) is 0.660. The van der Waals surface area contributed by atoms with Crippen LogP contribution in [0.25, 0.3) is 0 Å². The average molecular weight is 258 g/mol. The van der Waals surface area contributed by atoms with E-state index in [-0.39, 0.29) is 0 Å². The lowest BCUT2D eigenvalue weighted by Crippen LogP contribution is -2.38. The Morgan fingerprint density at radius 2 is 1.74 bits per heavy atom. The summed E-state index contributed by atoms with van der Waals surface area (Å²) in [5, 5.41) is 0. The van der Waals surface area contributed by atoms with E-state index in [9.17, 15) is 0 Å². The van der Waals surface area contributed by atoms with Crippen LogP contribution in [0.2, 0.25) is 0 Å².